The third-order valence-corrected chi connectivity index (χ3v) is 7.31. The standard InChI is InChI=1S/C25H37BrN2O4Si/c1-17(31-23(30)28-24(2,3)4)14-18-10-12-25(13-11-18,32-33(5,6)7)22(29)20-15-19(16-27)8-9-21(20)26/h8-9,15,17-18H,10-14H2,1-7H3,(H,28,30)/t17-,18?,25?/m0/s1. The minimum atomic E-state index is -2.03. The fourth-order valence-corrected chi connectivity index (χ4v) is 6.29. The zero-order valence-electron chi connectivity index (χ0n) is 20.9. The van der Waals surface area contributed by atoms with Crippen LogP contribution in [0.4, 0.5) is 4.79 Å². The van der Waals surface area contributed by atoms with Crippen LogP contribution in [-0.2, 0) is 9.16 Å². The van der Waals surface area contributed by atoms with E-state index in [0.29, 0.717) is 34.4 Å². The Morgan fingerprint density at radius 1 is 1.27 bits per heavy atom. The van der Waals surface area contributed by atoms with Gasteiger partial charge in [0.15, 0.2) is 14.1 Å². The van der Waals surface area contributed by atoms with Crippen LogP contribution in [0.25, 0.3) is 0 Å². The highest BCUT2D eigenvalue weighted by Gasteiger charge is 2.46. The van der Waals surface area contributed by atoms with Gasteiger partial charge in [0, 0.05) is 15.6 Å². The summed E-state index contributed by atoms with van der Waals surface area (Å²) in [6, 6.07) is 7.22. The molecule has 0 saturated heterocycles. The molecular weight excluding hydrogens is 500 g/mol. The lowest BCUT2D eigenvalue weighted by atomic mass is 9.73. The number of alkyl carbamates (subject to hydrolysis) is 1. The summed E-state index contributed by atoms with van der Waals surface area (Å²) in [6.07, 6.45) is 3.01. The lowest BCUT2D eigenvalue weighted by Gasteiger charge is -2.43. The second kappa shape index (κ2) is 10.7. The summed E-state index contributed by atoms with van der Waals surface area (Å²) in [7, 11) is -2.03. The minimum Gasteiger partial charge on any atom is -0.447 e. The third kappa shape index (κ3) is 8.23. The number of benzene rings is 1. The van der Waals surface area contributed by atoms with Gasteiger partial charge < -0.3 is 14.5 Å². The fraction of sp³-hybridized carbons (Fsp3) is 0.640. The first kappa shape index (κ1) is 27.6. The molecule has 2 rings (SSSR count). The maximum absolute atomic E-state index is 13.8. The van der Waals surface area contributed by atoms with Crippen molar-refractivity contribution in [3.63, 3.8) is 0 Å². The van der Waals surface area contributed by atoms with Crippen molar-refractivity contribution >= 4 is 36.1 Å². The molecule has 33 heavy (non-hydrogen) atoms. The van der Waals surface area contributed by atoms with E-state index >= 15 is 0 Å². The van der Waals surface area contributed by atoms with Gasteiger partial charge in [-0.3, -0.25) is 4.79 Å². The first-order valence-corrected chi connectivity index (χ1v) is 15.8. The van der Waals surface area contributed by atoms with Crippen LogP contribution < -0.4 is 5.32 Å². The number of hydrogen-bond donors (Lipinski definition) is 1. The number of nitrogens with one attached hydrogen (secondary N) is 1. The van der Waals surface area contributed by atoms with Gasteiger partial charge >= 0.3 is 6.09 Å². The number of rotatable bonds is 7. The van der Waals surface area contributed by atoms with Crippen LogP contribution >= 0.6 is 15.9 Å². The van der Waals surface area contributed by atoms with E-state index in [4.69, 9.17) is 9.16 Å². The summed E-state index contributed by atoms with van der Waals surface area (Å²) in [4.78, 5) is 25.9. The topological polar surface area (TPSA) is 88.4 Å². The number of nitriles is 1. The summed E-state index contributed by atoms with van der Waals surface area (Å²) >= 11 is 3.49. The number of nitrogens with zero attached hydrogens (tertiary/aromatic N) is 1. The first-order valence-electron chi connectivity index (χ1n) is 11.6. The highest BCUT2D eigenvalue weighted by molar-refractivity contribution is 9.10. The van der Waals surface area contributed by atoms with Crippen LogP contribution in [0.3, 0.4) is 0 Å². The Kier molecular flexibility index (Phi) is 8.94. The van der Waals surface area contributed by atoms with Gasteiger partial charge in [0.2, 0.25) is 0 Å². The molecule has 1 fully saturated rings. The van der Waals surface area contributed by atoms with Gasteiger partial charge in [-0.25, -0.2) is 4.79 Å². The summed E-state index contributed by atoms with van der Waals surface area (Å²) in [5.74, 6) is 0.295. The second-order valence-electron chi connectivity index (χ2n) is 11.1. The van der Waals surface area contributed by atoms with E-state index in [9.17, 15) is 14.9 Å². The molecule has 1 aliphatic rings. The average Bonchev–Trinajstić information content (AvgIpc) is 2.66. The molecular formula is C25H37BrN2O4Si. The van der Waals surface area contributed by atoms with E-state index in [0.717, 1.165) is 19.3 Å². The van der Waals surface area contributed by atoms with Crippen molar-refractivity contribution in [1.29, 1.82) is 5.26 Å². The summed E-state index contributed by atoms with van der Waals surface area (Å²) < 4.78 is 12.8. The van der Waals surface area contributed by atoms with E-state index in [1.807, 2.05) is 27.7 Å². The molecule has 1 aliphatic carbocycles. The van der Waals surface area contributed by atoms with Crippen LogP contribution in [0.15, 0.2) is 22.7 Å². The number of carbonyl (C=O) groups is 2. The lowest BCUT2D eigenvalue weighted by molar-refractivity contribution is 0.00757. The maximum Gasteiger partial charge on any atom is 0.407 e. The quantitative estimate of drug-likeness (QED) is 0.313. The molecule has 0 bridgehead atoms. The van der Waals surface area contributed by atoms with E-state index < -0.39 is 20.0 Å². The van der Waals surface area contributed by atoms with Crippen molar-refractivity contribution in [2.45, 2.75) is 96.7 Å². The van der Waals surface area contributed by atoms with Gasteiger partial charge in [-0.15, -0.1) is 0 Å². The van der Waals surface area contributed by atoms with Crippen LogP contribution in [0, 0.1) is 17.2 Å². The molecule has 1 atom stereocenters. The van der Waals surface area contributed by atoms with Crippen LogP contribution in [-0.4, -0.2) is 37.4 Å². The molecule has 0 aliphatic heterocycles. The van der Waals surface area contributed by atoms with Crippen molar-refractivity contribution in [2.75, 3.05) is 0 Å². The van der Waals surface area contributed by atoms with Gasteiger partial charge in [-0.2, -0.15) is 5.26 Å². The summed E-state index contributed by atoms with van der Waals surface area (Å²) in [5, 5.41) is 12.1. The molecule has 0 spiro atoms. The largest absolute Gasteiger partial charge is 0.447 e. The molecule has 1 aromatic carbocycles. The number of ketones is 1. The van der Waals surface area contributed by atoms with Gasteiger partial charge in [-0.1, -0.05) is 15.9 Å². The molecule has 1 aromatic rings. The first-order chi connectivity index (χ1) is 15.1. The molecule has 182 valence electrons. The molecule has 0 aromatic heterocycles. The predicted octanol–water partition coefficient (Wildman–Crippen LogP) is 6.59. The van der Waals surface area contributed by atoms with Crippen LogP contribution in [0.5, 0.6) is 0 Å². The van der Waals surface area contributed by atoms with Crippen molar-refractivity contribution in [1.82, 2.24) is 5.32 Å². The summed E-state index contributed by atoms with van der Waals surface area (Å²) in [6.45, 7) is 14.0. The lowest BCUT2D eigenvalue weighted by Crippen LogP contribution is -2.51. The number of carbonyl (C=O) groups excluding carboxylic acids is 2. The number of amides is 1. The molecule has 0 radical (unpaired) electrons. The fourth-order valence-electron chi connectivity index (χ4n) is 4.39. The number of ether oxygens (including phenoxy) is 1. The Labute approximate surface area is 207 Å². The number of halogens is 1. The maximum atomic E-state index is 13.8. The number of Topliss-reactive ketones (excluding diaryl/α,β-unsaturated/α-hetero) is 1. The van der Waals surface area contributed by atoms with Gasteiger partial charge in [-0.05, 0) is 104 Å². The Morgan fingerprint density at radius 2 is 1.88 bits per heavy atom. The second-order valence-corrected chi connectivity index (χ2v) is 16.4. The van der Waals surface area contributed by atoms with Crippen molar-refractivity contribution in [3.05, 3.63) is 33.8 Å². The Balaban J connectivity index is 2.13. The molecule has 1 saturated carbocycles. The molecule has 0 unspecified atom stereocenters. The van der Waals surface area contributed by atoms with Gasteiger partial charge in [0.05, 0.1) is 11.6 Å². The Hall–Kier alpha value is -1.69. The van der Waals surface area contributed by atoms with Gasteiger partial charge in [0.1, 0.15) is 11.7 Å². The van der Waals surface area contributed by atoms with E-state index in [1.54, 1.807) is 18.2 Å². The number of hydrogen-bond acceptors (Lipinski definition) is 5. The Morgan fingerprint density at radius 3 is 2.39 bits per heavy atom. The monoisotopic (exact) mass is 536 g/mol. The molecule has 8 heteroatoms. The highest BCUT2D eigenvalue weighted by atomic mass is 79.9. The predicted molar refractivity (Wildman–Crippen MR) is 136 cm³/mol. The summed E-state index contributed by atoms with van der Waals surface area (Å²) in [5.41, 5.74) is -0.266. The average molecular weight is 538 g/mol. The van der Waals surface area contributed by atoms with Crippen molar-refractivity contribution in [2.24, 2.45) is 5.92 Å². The van der Waals surface area contributed by atoms with E-state index in [2.05, 4.69) is 47.0 Å². The van der Waals surface area contributed by atoms with Crippen LogP contribution in [0.2, 0.25) is 19.6 Å². The normalized spacial score (nSPS) is 22.2. The highest BCUT2D eigenvalue weighted by Crippen LogP contribution is 2.42. The zero-order chi connectivity index (χ0) is 25.0. The van der Waals surface area contributed by atoms with Gasteiger partial charge in [0.25, 0.3) is 0 Å². The smallest absolute Gasteiger partial charge is 0.407 e. The molecule has 0 heterocycles. The Bertz CT molecular complexity index is 906. The van der Waals surface area contributed by atoms with Crippen molar-refractivity contribution < 1.29 is 18.8 Å². The van der Waals surface area contributed by atoms with E-state index in [-0.39, 0.29) is 17.4 Å². The minimum absolute atomic E-state index is 0.0544. The van der Waals surface area contributed by atoms with Crippen molar-refractivity contribution in [3.8, 4) is 6.07 Å². The third-order valence-electron chi connectivity index (χ3n) is 5.62. The molecule has 1 N–H and O–H groups in total. The zero-order valence-corrected chi connectivity index (χ0v) is 23.5. The van der Waals surface area contributed by atoms with Crippen LogP contribution in [0.1, 0.15) is 75.7 Å². The molecule has 6 nitrogen and oxygen atoms in total. The molecule has 1 amide bonds. The van der Waals surface area contributed by atoms with E-state index in [1.165, 1.54) is 0 Å². The SMILES string of the molecule is C[C@@H](CC1CCC(O[Si](C)(C)C)(C(=O)c2cc(C#N)ccc2Br)CC1)OC(=O)NC(C)(C)C.